The van der Waals surface area contributed by atoms with Crippen LogP contribution in [0.2, 0.25) is 0 Å². The Bertz CT molecular complexity index is 685. The van der Waals surface area contributed by atoms with Crippen molar-refractivity contribution in [1.82, 2.24) is 0 Å². The van der Waals surface area contributed by atoms with Crippen molar-refractivity contribution >= 4 is 11.6 Å². The number of fused-ring (bicyclic) bond motifs is 1. The highest BCUT2D eigenvalue weighted by Gasteiger charge is 2.65. The summed E-state index contributed by atoms with van der Waals surface area (Å²) in [6.45, 7) is 5.14. The Hall–Kier alpha value is -0.940. The summed E-state index contributed by atoms with van der Waals surface area (Å²) < 4.78 is 14.7. The highest BCUT2D eigenvalue weighted by molar-refractivity contribution is 6.22. The normalized spacial score (nSPS) is 25.5. The fourth-order valence-electron chi connectivity index (χ4n) is 4.24. The quantitative estimate of drug-likeness (QED) is 0.414. The summed E-state index contributed by atoms with van der Waals surface area (Å²) in [5.74, 6) is -0.835. The number of pyridine rings is 1. The molecule has 0 saturated heterocycles. The number of nitrogens with zero attached hydrogens (tertiary/aromatic N) is 1. The third-order valence-electron chi connectivity index (χ3n) is 4.95. The Morgan fingerprint density at radius 2 is 1.62 bits per heavy atom. The lowest BCUT2D eigenvalue weighted by Gasteiger charge is -2.50. The molecule has 3 atom stereocenters. The minimum absolute atomic E-state index is 0. The molecule has 3 unspecified atom stereocenters. The summed E-state index contributed by atoms with van der Waals surface area (Å²) in [5.41, 5.74) is 3.74. The predicted molar refractivity (Wildman–Crippen MR) is 88.7 cm³/mol. The number of alkyl halides is 1. The Morgan fingerprint density at radius 1 is 1.00 bits per heavy atom. The van der Waals surface area contributed by atoms with Gasteiger partial charge in [-0.25, -0.2) is 0 Å². The van der Waals surface area contributed by atoms with Crippen molar-refractivity contribution in [3.05, 3.63) is 65.5 Å². The van der Waals surface area contributed by atoms with E-state index in [4.69, 9.17) is 21.1 Å². The summed E-state index contributed by atoms with van der Waals surface area (Å²) in [4.78, 5) is 0. The molecule has 3 nitrogen and oxygen atoms in total. The third kappa shape index (κ3) is 2.27. The van der Waals surface area contributed by atoms with Crippen LogP contribution < -0.4 is 21.5 Å². The number of rotatable bonds is 4. The Kier molecular flexibility index (Phi) is 5.03. The van der Waals surface area contributed by atoms with Gasteiger partial charge >= 0.3 is 0 Å². The number of benzene rings is 1. The largest absolute Gasteiger partial charge is 1.00 e. The summed E-state index contributed by atoms with van der Waals surface area (Å²) in [7, 11) is 0. The number of halogens is 2. The van der Waals surface area contributed by atoms with E-state index < -0.39 is 5.79 Å². The molecule has 2 bridgehead atoms. The topological polar surface area (TPSA) is 22.3 Å². The molecule has 24 heavy (non-hydrogen) atoms. The van der Waals surface area contributed by atoms with Gasteiger partial charge in [-0.15, -0.1) is 11.6 Å². The molecule has 1 aromatic carbocycles. The summed E-state index contributed by atoms with van der Waals surface area (Å²) in [6, 6.07) is 14.8. The van der Waals surface area contributed by atoms with E-state index in [0.717, 1.165) is 0 Å². The van der Waals surface area contributed by atoms with Gasteiger partial charge in [0.2, 0.25) is 11.8 Å². The minimum Gasteiger partial charge on any atom is -1.00 e. The number of hydrogen-bond acceptors (Lipinski definition) is 2. The molecule has 5 heteroatoms. The molecule has 3 heterocycles. The first-order valence-corrected chi connectivity index (χ1v) is 8.69. The van der Waals surface area contributed by atoms with Gasteiger partial charge in [0.25, 0.3) is 0 Å². The van der Waals surface area contributed by atoms with Crippen LogP contribution >= 0.6 is 11.6 Å². The zero-order chi connectivity index (χ0) is 16.0. The fourth-order valence-corrected chi connectivity index (χ4v) is 4.75. The molecule has 0 spiro atoms. The maximum absolute atomic E-state index is 6.98. The lowest BCUT2D eigenvalue weighted by molar-refractivity contribution is -0.737. The van der Waals surface area contributed by atoms with Crippen molar-refractivity contribution in [2.75, 3.05) is 13.2 Å². The Morgan fingerprint density at radius 3 is 2.29 bits per heavy atom. The van der Waals surface area contributed by atoms with Crippen LogP contribution in [0.15, 0.2) is 48.7 Å². The van der Waals surface area contributed by atoms with Gasteiger partial charge in [0.15, 0.2) is 17.3 Å². The summed E-state index contributed by atoms with van der Waals surface area (Å²) in [5, 5.41) is -0.276. The third-order valence-corrected chi connectivity index (χ3v) is 5.49. The highest BCUT2D eigenvalue weighted by Crippen LogP contribution is 2.54. The second-order valence-corrected chi connectivity index (χ2v) is 6.50. The lowest BCUT2D eigenvalue weighted by Crippen LogP contribution is -3.00. The first kappa shape index (κ1) is 17.9. The summed E-state index contributed by atoms with van der Waals surface area (Å²) >= 11 is 6.98. The molecule has 0 saturated carbocycles. The van der Waals surface area contributed by atoms with Crippen molar-refractivity contribution in [2.24, 2.45) is 0 Å². The maximum atomic E-state index is 6.98. The molecule has 5 rings (SSSR count). The molecule has 2 aromatic rings. The molecular weight excluding hydrogens is 390 g/mol. The van der Waals surface area contributed by atoms with E-state index in [9.17, 15) is 0 Å². The molecule has 128 valence electrons. The maximum Gasteiger partial charge on any atom is 0.208 e. The second kappa shape index (κ2) is 6.75. The van der Waals surface area contributed by atoms with Crippen LogP contribution in [0.25, 0.3) is 0 Å². The van der Waals surface area contributed by atoms with E-state index in [2.05, 4.69) is 53.2 Å². The average molecular weight is 411 g/mol. The van der Waals surface area contributed by atoms with E-state index in [1.807, 2.05) is 13.8 Å². The lowest BCUT2D eigenvalue weighted by atomic mass is 9.69. The molecule has 0 radical (unpaired) electrons. The van der Waals surface area contributed by atoms with Gasteiger partial charge < -0.3 is 26.5 Å². The number of ether oxygens (including phenoxy) is 2. The number of aromatic nitrogens is 1. The molecule has 3 aliphatic rings. The van der Waals surface area contributed by atoms with Crippen LogP contribution in [0, 0.1) is 0 Å². The molecule has 1 aliphatic carbocycles. The zero-order valence-electron chi connectivity index (χ0n) is 13.8. The summed E-state index contributed by atoms with van der Waals surface area (Å²) in [6.07, 6.45) is 2.11. The van der Waals surface area contributed by atoms with Gasteiger partial charge in [-0.1, -0.05) is 30.3 Å². The monoisotopic (exact) mass is 409 g/mol. The van der Waals surface area contributed by atoms with Gasteiger partial charge in [0.05, 0.1) is 0 Å². The van der Waals surface area contributed by atoms with Crippen molar-refractivity contribution in [3.8, 4) is 0 Å². The van der Waals surface area contributed by atoms with Crippen LogP contribution in [0.3, 0.4) is 0 Å². The molecule has 2 aliphatic heterocycles. The van der Waals surface area contributed by atoms with Gasteiger partial charge in [-0.05, 0) is 19.4 Å². The number of hydrogen-bond donors (Lipinski definition) is 0. The average Bonchev–Trinajstić information content (AvgIpc) is 2.58. The van der Waals surface area contributed by atoms with Crippen LogP contribution in [0.4, 0.5) is 0 Å². The van der Waals surface area contributed by atoms with Crippen LogP contribution in [0.1, 0.15) is 42.6 Å². The molecular formula is C19H21BrClNO2. The first-order chi connectivity index (χ1) is 11.2. The molecule has 0 N–H and O–H groups in total. The van der Waals surface area contributed by atoms with Crippen molar-refractivity contribution in [3.63, 3.8) is 0 Å². The van der Waals surface area contributed by atoms with Crippen molar-refractivity contribution < 1.29 is 31.0 Å². The Labute approximate surface area is 158 Å². The predicted octanol–water partition coefficient (Wildman–Crippen LogP) is 0.403. The first-order valence-electron chi connectivity index (χ1n) is 8.25. The van der Waals surface area contributed by atoms with Crippen molar-refractivity contribution in [1.29, 1.82) is 0 Å². The van der Waals surface area contributed by atoms with Crippen LogP contribution in [-0.2, 0) is 9.47 Å². The van der Waals surface area contributed by atoms with Crippen LogP contribution in [-0.4, -0.2) is 24.4 Å². The SMILES string of the molecule is CCOC1(OCC)C2c3ccccc3C(C1Cl)[n+]1ccccc12.[Br-]. The Balaban J connectivity index is 0.00000169. The van der Waals surface area contributed by atoms with E-state index >= 15 is 0 Å². The van der Waals surface area contributed by atoms with Crippen molar-refractivity contribution in [2.45, 2.75) is 37.0 Å². The van der Waals surface area contributed by atoms with Gasteiger partial charge in [-0.2, -0.15) is 4.57 Å². The second-order valence-electron chi connectivity index (χ2n) is 6.03. The van der Waals surface area contributed by atoms with Gasteiger partial charge in [-0.3, -0.25) is 0 Å². The molecule has 1 aromatic heterocycles. The van der Waals surface area contributed by atoms with E-state index in [-0.39, 0.29) is 34.3 Å². The van der Waals surface area contributed by atoms with Gasteiger partial charge in [0.1, 0.15) is 5.92 Å². The van der Waals surface area contributed by atoms with E-state index in [0.29, 0.717) is 13.2 Å². The smallest absolute Gasteiger partial charge is 0.208 e. The molecule has 0 amide bonds. The van der Waals surface area contributed by atoms with E-state index in [1.165, 1.54) is 16.8 Å². The van der Waals surface area contributed by atoms with Crippen LogP contribution in [0.5, 0.6) is 0 Å². The van der Waals surface area contributed by atoms with Gasteiger partial charge in [0, 0.05) is 30.9 Å². The fraction of sp³-hybridized carbons (Fsp3) is 0.421. The minimum atomic E-state index is -0.814. The zero-order valence-corrected chi connectivity index (χ0v) is 16.1. The van der Waals surface area contributed by atoms with E-state index in [1.54, 1.807) is 0 Å². The standard InChI is InChI=1S/C19H21ClNO2.BrH/c1-3-22-19(23-4-2)16-13-9-5-6-10-14(13)17(18(19)20)21-12-8-7-11-15(16)21;/h5-12,16-18H,3-4H2,1-2H3;1H/q+1;/p-1. The highest BCUT2D eigenvalue weighted by atomic mass is 79.9. The molecule has 0 fully saturated rings.